The first-order chi connectivity index (χ1) is 9.79. The summed E-state index contributed by atoms with van der Waals surface area (Å²) in [4.78, 5) is 31.9. The third-order valence-electron chi connectivity index (χ3n) is 3.71. The van der Waals surface area contributed by atoms with Crippen LogP contribution in [0.3, 0.4) is 0 Å². The molecule has 21 heavy (non-hydrogen) atoms. The quantitative estimate of drug-likeness (QED) is 0.864. The number of hydrogen-bond donors (Lipinski definition) is 2. The smallest absolute Gasteiger partial charge is 0.338 e. The number of aliphatic imine (C=N–C) groups is 1. The van der Waals surface area contributed by atoms with Crippen LogP contribution in [0.4, 0.5) is 0 Å². The van der Waals surface area contributed by atoms with E-state index in [0.29, 0.717) is 5.75 Å². The van der Waals surface area contributed by atoms with Gasteiger partial charge in [0.1, 0.15) is 17.0 Å². The van der Waals surface area contributed by atoms with E-state index in [2.05, 4.69) is 15.3 Å². The first kappa shape index (κ1) is 15.0. The molecule has 7 heteroatoms. The van der Waals surface area contributed by atoms with Gasteiger partial charge in [0, 0.05) is 0 Å². The highest BCUT2D eigenvalue weighted by atomic mass is 16.5. The Hall–Kier alpha value is -2.44. The molecule has 0 saturated carbocycles. The van der Waals surface area contributed by atoms with E-state index >= 15 is 0 Å². The fourth-order valence-corrected chi connectivity index (χ4v) is 1.96. The van der Waals surface area contributed by atoms with Crippen molar-refractivity contribution >= 4 is 17.7 Å². The van der Waals surface area contributed by atoms with Crippen molar-refractivity contribution in [2.24, 2.45) is 10.9 Å². The van der Waals surface area contributed by atoms with E-state index in [1.807, 2.05) is 13.8 Å². The number of carboxylic acid groups (broad SMARTS) is 1. The topological polar surface area (TPSA) is 101 Å². The predicted octanol–water partition coefficient (Wildman–Crippen LogP) is 1.08. The van der Waals surface area contributed by atoms with Crippen molar-refractivity contribution in [3.63, 3.8) is 0 Å². The third kappa shape index (κ3) is 2.46. The Bertz CT molecular complexity index is 639. The lowest BCUT2D eigenvalue weighted by atomic mass is 9.89. The summed E-state index contributed by atoms with van der Waals surface area (Å²) in [5.74, 6) is -0.946. The van der Waals surface area contributed by atoms with Gasteiger partial charge in [0.25, 0.3) is 5.91 Å². The summed E-state index contributed by atoms with van der Waals surface area (Å²) < 4.78 is 4.97. The zero-order valence-corrected chi connectivity index (χ0v) is 12.3. The molecule has 1 unspecified atom stereocenters. The second kappa shape index (κ2) is 5.16. The Morgan fingerprint density at radius 1 is 1.48 bits per heavy atom. The van der Waals surface area contributed by atoms with Crippen LogP contribution in [0.5, 0.6) is 5.75 Å². The molecular formula is C14H17N3O4. The number of amidine groups is 1. The van der Waals surface area contributed by atoms with Gasteiger partial charge in [-0.3, -0.25) is 4.79 Å². The number of ether oxygens (including phenoxy) is 1. The molecule has 1 aliphatic heterocycles. The predicted molar refractivity (Wildman–Crippen MR) is 75.7 cm³/mol. The molecule has 7 nitrogen and oxygen atoms in total. The molecular weight excluding hydrogens is 274 g/mol. The Morgan fingerprint density at radius 2 is 2.14 bits per heavy atom. The minimum atomic E-state index is -1.16. The first-order valence-electron chi connectivity index (χ1n) is 6.48. The number of hydrogen-bond acceptors (Lipinski definition) is 5. The summed E-state index contributed by atoms with van der Waals surface area (Å²) >= 11 is 0. The zero-order chi connectivity index (χ0) is 15.8. The number of aromatic carboxylic acids is 1. The molecule has 1 aliphatic rings. The number of nitrogens with zero attached hydrogens (tertiary/aromatic N) is 2. The summed E-state index contributed by atoms with van der Waals surface area (Å²) in [5, 5.41) is 11.9. The minimum absolute atomic E-state index is 0.0264. The molecule has 0 aromatic carbocycles. The van der Waals surface area contributed by atoms with E-state index in [1.165, 1.54) is 19.4 Å². The summed E-state index contributed by atoms with van der Waals surface area (Å²) in [6, 6.07) is 1.35. The van der Waals surface area contributed by atoms with E-state index < -0.39 is 11.5 Å². The van der Waals surface area contributed by atoms with Gasteiger partial charge in [-0.25, -0.2) is 14.8 Å². The van der Waals surface area contributed by atoms with Gasteiger partial charge in [-0.2, -0.15) is 0 Å². The van der Waals surface area contributed by atoms with E-state index in [1.54, 1.807) is 6.92 Å². The van der Waals surface area contributed by atoms with E-state index in [0.717, 1.165) is 0 Å². The van der Waals surface area contributed by atoms with E-state index in [4.69, 9.17) is 4.74 Å². The standard InChI is InChI=1S/C14H17N3O4/c1-7(2)14(3)13(20)16-11(17-14)10-9(12(18)19)5-8(21-4)6-15-10/h5-7H,1-4H3,(H,18,19)(H,16,17,20). The molecule has 2 rings (SSSR count). The number of methoxy groups -OCH3 is 1. The highest BCUT2D eigenvalue weighted by Gasteiger charge is 2.43. The van der Waals surface area contributed by atoms with Crippen LogP contribution >= 0.6 is 0 Å². The van der Waals surface area contributed by atoms with Gasteiger partial charge >= 0.3 is 5.97 Å². The van der Waals surface area contributed by atoms with Gasteiger partial charge in [0.05, 0.1) is 18.9 Å². The first-order valence-corrected chi connectivity index (χ1v) is 6.48. The average Bonchev–Trinajstić information content (AvgIpc) is 2.75. The van der Waals surface area contributed by atoms with Crippen LogP contribution < -0.4 is 10.1 Å². The number of rotatable bonds is 4. The molecule has 0 saturated heterocycles. The second-order valence-electron chi connectivity index (χ2n) is 5.29. The largest absolute Gasteiger partial charge is 0.495 e. The number of carbonyl (C=O) groups excluding carboxylic acids is 1. The van der Waals surface area contributed by atoms with Crippen LogP contribution in [0.15, 0.2) is 17.3 Å². The number of carboxylic acids is 1. The monoisotopic (exact) mass is 291 g/mol. The van der Waals surface area contributed by atoms with Gasteiger partial charge in [0.15, 0.2) is 5.84 Å². The maximum absolute atomic E-state index is 12.1. The van der Waals surface area contributed by atoms with Crippen molar-refractivity contribution in [1.82, 2.24) is 10.3 Å². The molecule has 1 aromatic rings. The third-order valence-corrected chi connectivity index (χ3v) is 3.71. The average molecular weight is 291 g/mol. The highest BCUT2D eigenvalue weighted by Crippen LogP contribution is 2.27. The fourth-order valence-electron chi connectivity index (χ4n) is 1.96. The summed E-state index contributed by atoms with van der Waals surface area (Å²) in [7, 11) is 1.42. The lowest BCUT2D eigenvalue weighted by molar-refractivity contribution is -0.124. The Balaban J connectivity index is 2.53. The molecule has 0 spiro atoms. The maximum Gasteiger partial charge on any atom is 0.338 e. The van der Waals surface area contributed by atoms with Crippen molar-refractivity contribution in [3.8, 4) is 5.75 Å². The van der Waals surface area contributed by atoms with Crippen molar-refractivity contribution in [2.45, 2.75) is 26.3 Å². The van der Waals surface area contributed by atoms with E-state index in [9.17, 15) is 14.7 Å². The second-order valence-corrected chi connectivity index (χ2v) is 5.29. The lowest BCUT2D eigenvalue weighted by Crippen LogP contribution is -2.41. The minimum Gasteiger partial charge on any atom is -0.495 e. The number of nitrogens with one attached hydrogen (secondary N) is 1. The van der Waals surface area contributed by atoms with Crippen molar-refractivity contribution < 1.29 is 19.4 Å². The number of carbonyl (C=O) groups is 2. The summed E-state index contributed by atoms with van der Waals surface area (Å²) in [5.41, 5.74) is -0.866. The highest BCUT2D eigenvalue weighted by molar-refractivity contribution is 6.17. The van der Waals surface area contributed by atoms with Crippen LogP contribution in [0.1, 0.15) is 36.8 Å². The molecule has 0 aliphatic carbocycles. The van der Waals surface area contributed by atoms with Crippen LogP contribution in [-0.2, 0) is 4.79 Å². The SMILES string of the molecule is COc1cnc(C2=NC(C)(C(C)C)C(=O)N2)c(C(=O)O)c1. The van der Waals surface area contributed by atoms with Crippen molar-refractivity contribution in [1.29, 1.82) is 0 Å². The number of aromatic nitrogens is 1. The van der Waals surface area contributed by atoms with Crippen molar-refractivity contribution in [3.05, 3.63) is 23.5 Å². The number of amides is 1. The zero-order valence-electron chi connectivity index (χ0n) is 12.3. The Morgan fingerprint density at radius 3 is 2.62 bits per heavy atom. The van der Waals surface area contributed by atoms with Crippen LogP contribution in [0, 0.1) is 5.92 Å². The number of pyridine rings is 1. The van der Waals surface area contributed by atoms with Crippen LogP contribution in [-0.4, -0.2) is 40.5 Å². The molecule has 2 N–H and O–H groups in total. The molecule has 0 radical (unpaired) electrons. The summed E-state index contributed by atoms with van der Waals surface area (Å²) in [6.45, 7) is 5.47. The summed E-state index contributed by atoms with van der Waals surface area (Å²) in [6.07, 6.45) is 1.39. The normalized spacial score (nSPS) is 21.2. The van der Waals surface area contributed by atoms with Gasteiger partial charge in [-0.05, 0) is 18.9 Å². The van der Waals surface area contributed by atoms with Gasteiger partial charge in [-0.15, -0.1) is 0 Å². The van der Waals surface area contributed by atoms with Crippen molar-refractivity contribution in [2.75, 3.05) is 7.11 Å². The molecule has 2 heterocycles. The van der Waals surface area contributed by atoms with Gasteiger partial charge in [-0.1, -0.05) is 13.8 Å². The van der Waals surface area contributed by atoms with E-state index in [-0.39, 0.29) is 28.9 Å². The van der Waals surface area contributed by atoms with Gasteiger partial charge < -0.3 is 15.2 Å². The van der Waals surface area contributed by atoms with Crippen LogP contribution in [0.25, 0.3) is 0 Å². The molecule has 0 fully saturated rings. The maximum atomic E-state index is 12.1. The Kier molecular flexibility index (Phi) is 3.67. The van der Waals surface area contributed by atoms with Gasteiger partial charge in [0.2, 0.25) is 0 Å². The molecule has 112 valence electrons. The molecule has 1 atom stereocenters. The van der Waals surface area contributed by atoms with Crippen LogP contribution in [0.2, 0.25) is 0 Å². The lowest BCUT2D eigenvalue weighted by Gasteiger charge is -2.21. The Labute approximate surface area is 122 Å². The fraction of sp³-hybridized carbons (Fsp3) is 0.429. The molecule has 0 bridgehead atoms. The molecule has 1 aromatic heterocycles. The molecule has 1 amide bonds.